The van der Waals surface area contributed by atoms with Gasteiger partial charge in [0.15, 0.2) is 0 Å². The van der Waals surface area contributed by atoms with Crippen molar-refractivity contribution < 1.29 is 0 Å². The molecular formula is C24H33ClN3O+. The van der Waals surface area contributed by atoms with Gasteiger partial charge in [0, 0.05) is 28.3 Å². The molecule has 1 fully saturated rings. The highest BCUT2D eigenvalue weighted by Crippen LogP contribution is 2.35. The lowest BCUT2D eigenvalue weighted by molar-refractivity contribution is 0.173. The first-order valence-corrected chi connectivity index (χ1v) is 10.8. The van der Waals surface area contributed by atoms with Gasteiger partial charge in [-0.1, -0.05) is 11.6 Å². The molecule has 0 aliphatic carbocycles. The molecular weight excluding hydrogens is 382 g/mol. The van der Waals surface area contributed by atoms with E-state index in [0.29, 0.717) is 27.5 Å². The third-order valence-electron chi connectivity index (χ3n) is 6.47. The van der Waals surface area contributed by atoms with Gasteiger partial charge in [0.05, 0.1) is 19.2 Å². The Bertz CT molecular complexity index is 944. The van der Waals surface area contributed by atoms with Gasteiger partial charge in [-0.15, -0.1) is 0 Å². The van der Waals surface area contributed by atoms with Gasteiger partial charge in [-0.2, -0.15) is 0 Å². The number of aromatic amines is 1. The summed E-state index contributed by atoms with van der Waals surface area (Å²) >= 11 is 6.41. The molecule has 1 atom stereocenters. The minimum atomic E-state index is 0.00267. The summed E-state index contributed by atoms with van der Waals surface area (Å²) in [5.41, 5.74) is 5.62. The molecule has 0 bridgehead atoms. The normalized spacial score (nSPS) is 18.0. The molecule has 1 saturated heterocycles. The van der Waals surface area contributed by atoms with Crippen molar-refractivity contribution in [2.24, 2.45) is 5.92 Å². The molecule has 1 aromatic heterocycles. The standard InChI is InChI=1S/C24H32ClN3O/c1-16-12-21(25)13-23(19(16)4)28(6,14-20-7-9-27(5)10-8-20)15-22-17(2)11-18(3)26-24(22)29/h1,11-13,20H,7-10,14-15H2,2-6H3/p+1. The number of halogens is 1. The van der Waals surface area contributed by atoms with E-state index in [9.17, 15) is 4.79 Å². The number of pyridine rings is 1. The van der Waals surface area contributed by atoms with E-state index in [4.69, 9.17) is 18.5 Å². The third-order valence-corrected chi connectivity index (χ3v) is 6.69. The monoisotopic (exact) mass is 414 g/mol. The number of piperidine rings is 1. The molecule has 0 amide bonds. The number of hydrogen-bond donors (Lipinski definition) is 1. The first-order valence-electron chi connectivity index (χ1n) is 10.4. The number of aryl methyl sites for hydroxylation is 2. The molecule has 4 nitrogen and oxygen atoms in total. The average Bonchev–Trinajstić information content (AvgIpc) is 2.63. The van der Waals surface area contributed by atoms with Crippen molar-refractivity contribution in [3.8, 4) is 0 Å². The largest absolute Gasteiger partial charge is 0.326 e. The Labute approximate surface area is 180 Å². The Morgan fingerprint density at radius 2 is 1.86 bits per heavy atom. The van der Waals surface area contributed by atoms with E-state index < -0.39 is 0 Å². The minimum Gasteiger partial charge on any atom is -0.326 e. The van der Waals surface area contributed by atoms with E-state index in [1.165, 1.54) is 12.8 Å². The molecule has 1 aromatic carbocycles. The molecule has 3 rings (SSSR count). The fourth-order valence-electron chi connectivity index (χ4n) is 4.74. The highest BCUT2D eigenvalue weighted by atomic mass is 35.5. The molecule has 2 heterocycles. The van der Waals surface area contributed by atoms with Gasteiger partial charge >= 0.3 is 0 Å². The highest BCUT2D eigenvalue weighted by Gasteiger charge is 2.34. The molecule has 0 saturated carbocycles. The molecule has 29 heavy (non-hydrogen) atoms. The van der Waals surface area contributed by atoms with Crippen molar-refractivity contribution in [1.29, 1.82) is 0 Å². The summed E-state index contributed by atoms with van der Waals surface area (Å²) in [5, 5.41) is 0.644. The van der Waals surface area contributed by atoms with E-state index >= 15 is 0 Å². The Hall–Kier alpha value is -1.62. The van der Waals surface area contributed by atoms with Gasteiger partial charge in [0.25, 0.3) is 5.56 Å². The zero-order valence-electron chi connectivity index (χ0n) is 18.3. The lowest BCUT2D eigenvalue weighted by Crippen LogP contribution is -2.51. The molecule has 1 aliphatic heterocycles. The Morgan fingerprint density at radius 3 is 2.48 bits per heavy atom. The lowest BCUT2D eigenvalue weighted by Gasteiger charge is -2.40. The van der Waals surface area contributed by atoms with Crippen LogP contribution < -0.4 is 10.0 Å². The van der Waals surface area contributed by atoms with Crippen LogP contribution in [0.25, 0.3) is 0 Å². The number of benzene rings is 1. The maximum atomic E-state index is 12.8. The van der Waals surface area contributed by atoms with Crippen molar-refractivity contribution in [2.45, 2.75) is 40.2 Å². The number of H-pyrrole nitrogens is 1. The van der Waals surface area contributed by atoms with E-state index in [1.54, 1.807) is 0 Å². The number of hydrogen-bond acceptors (Lipinski definition) is 2. The van der Waals surface area contributed by atoms with Crippen LogP contribution in [0.1, 0.15) is 40.8 Å². The first-order chi connectivity index (χ1) is 13.6. The number of rotatable bonds is 5. The summed E-state index contributed by atoms with van der Waals surface area (Å²) < 4.78 is 0.623. The maximum Gasteiger partial charge on any atom is 0.257 e. The lowest BCUT2D eigenvalue weighted by atomic mass is 9.93. The SMILES string of the molecule is [CH]c1cc(Cl)cc([N+](C)(Cc2c(C)cc(C)[nH]c2=O)CC2CCN(C)CC2)c1C. The third kappa shape index (κ3) is 4.93. The van der Waals surface area contributed by atoms with Gasteiger partial charge in [-0.05, 0) is 83.9 Å². The second kappa shape index (κ2) is 8.63. The molecule has 5 heteroatoms. The van der Waals surface area contributed by atoms with E-state index in [-0.39, 0.29) is 5.56 Å². The van der Waals surface area contributed by atoms with Crippen molar-refractivity contribution >= 4 is 17.3 Å². The van der Waals surface area contributed by atoms with Gasteiger partial charge in [-0.3, -0.25) is 9.28 Å². The Kier molecular flexibility index (Phi) is 6.57. The van der Waals surface area contributed by atoms with Crippen LogP contribution in [0, 0.1) is 33.6 Å². The van der Waals surface area contributed by atoms with Crippen LogP contribution in [0.4, 0.5) is 5.69 Å². The van der Waals surface area contributed by atoms with Crippen LogP contribution in [-0.4, -0.2) is 43.6 Å². The summed E-state index contributed by atoms with van der Waals surface area (Å²) in [6.07, 6.45) is 2.34. The Balaban J connectivity index is 2.06. The zero-order valence-corrected chi connectivity index (χ0v) is 19.1. The van der Waals surface area contributed by atoms with Crippen LogP contribution in [-0.2, 0) is 6.54 Å². The van der Waals surface area contributed by atoms with Gasteiger partial charge in [0.1, 0.15) is 12.2 Å². The second-order valence-corrected chi connectivity index (χ2v) is 9.50. The van der Waals surface area contributed by atoms with Crippen molar-refractivity contribution in [2.75, 3.05) is 33.7 Å². The van der Waals surface area contributed by atoms with Crippen LogP contribution in [0.5, 0.6) is 0 Å². The van der Waals surface area contributed by atoms with Crippen molar-refractivity contribution in [3.63, 3.8) is 0 Å². The number of nitrogens with one attached hydrogen (secondary N) is 1. The second-order valence-electron chi connectivity index (χ2n) is 9.07. The van der Waals surface area contributed by atoms with E-state index in [2.05, 4.69) is 37.0 Å². The van der Waals surface area contributed by atoms with Gasteiger partial charge in [0.2, 0.25) is 0 Å². The van der Waals surface area contributed by atoms with E-state index in [0.717, 1.165) is 47.7 Å². The summed E-state index contributed by atoms with van der Waals surface area (Å²) in [4.78, 5) is 18.2. The summed E-state index contributed by atoms with van der Waals surface area (Å²) in [5.74, 6) is 0.598. The topological polar surface area (TPSA) is 36.1 Å². The fourth-order valence-corrected chi connectivity index (χ4v) is 4.96. The minimum absolute atomic E-state index is 0.00267. The van der Waals surface area contributed by atoms with Crippen LogP contribution in [0.3, 0.4) is 0 Å². The summed E-state index contributed by atoms with van der Waals surface area (Å²) in [6.45, 7) is 16.1. The number of aromatic nitrogens is 1. The fraction of sp³-hybridized carbons (Fsp3) is 0.500. The van der Waals surface area contributed by atoms with Crippen molar-refractivity contribution in [1.82, 2.24) is 14.4 Å². The zero-order chi connectivity index (χ0) is 21.3. The predicted molar refractivity (Wildman–Crippen MR) is 123 cm³/mol. The number of nitrogens with zero attached hydrogens (tertiary/aromatic N) is 2. The van der Waals surface area contributed by atoms with Crippen LogP contribution in [0.2, 0.25) is 5.02 Å². The average molecular weight is 415 g/mol. The number of likely N-dealkylation sites (tertiary alicyclic amines) is 1. The van der Waals surface area contributed by atoms with Crippen molar-refractivity contribution in [3.05, 3.63) is 68.4 Å². The molecule has 156 valence electrons. The quantitative estimate of drug-likeness (QED) is 0.731. The predicted octanol–water partition coefficient (Wildman–Crippen LogP) is 4.49. The molecule has 0 spiro atoms. The first kappa shape index (κ1) is 22.1. The van der Waals surface area contributed by atoms with E-state index in [1.807, 2.05) is 26.0 Å². The van der Waals surface area contributed by atoms with Gasteiger partial charge in [-0.25, -0.2) is 0 Å². The molecule has 2 radical (unpaired) electrons. The highest BCUT2D eigenvalue weighted by molar-refractivity contribution is 6.31. The maximum absolute atomic E-state index is 12.8. The van der Waals surface area contributed by atoms with Crippen LogP contribution >= 0.6 is 11.6 Å². The summed E-state index contributed by atoms with van der Waals surface area (Å²) in [7, 11) is 4.40. The molecule has 1 N–H and O–H groups in total. The Morgan fingerprint density at radius 1 is 1.21 bits per heavy atom. The smallest absolute Gasteiger partial charge is 0.257 e. The van der Waals surface area contributed by atoms with Gasteiger partial charge < -0.3 is 9.88 Å². The molecule has 2 aromatic rings. The van der Waals surface area contributed by atoms with Crippen LogP contribution in [0.15, 0.2) is 23.0 Å². The number of quaternary nitrogens is 1. The molecule has 1 aliphatic rings. The summed E-state index contributed by atoms with van der Waals surface area (Å²) in [6, 6.07) is 5.89. The molecule has 1 unspecified atom stereocenters.